The van der Waals surface area contributed by atoms with E-state index in [2.05, 4.69) is 19.9 Å². The molecular weight excluding hydrogens is 278 g/mol. The molecule has 0 unspecified atom stereocenters. The second-order valence-electron chi connectivity index (χ2n) is 4.55. The lowest BCUT2D eigenvalue weighted by Gasteiger charge is -2.35. The molecule has 3 heterocycles. The van der Waals surface area contributed by atoms with Gasteiger partial charge in [0.25, 0.3) is 5.91 Å². The van der Waals surface area contributed by atoms with Crippen molar-refractivity contribution in [1.82, 2.24) is 19.9 Å². The molecule has 1 amide bonds. The Labute approximate surface area is 121 Å². The molecule has 1 aliphatic rings. The molecule has 0 radical (unpaired) electrons. The minimum absolute atomic E-state index is 0.0192. The first-order valence-corrected chi connectivity index (χ1v) is 6.76. The molecule has 0 aromatic carbocycles. The van der Waals surface area contributed by atoms with Crippen molar-refractivity contribution in [2.45, 2.75) is 0 Å². The third-order valence-electron chi connectivity index (χ3n) is 3.33. The topological polar surface area (TPSA) is 65.1 Å². The van der Waals surface area contributed by atoms with Crippen molar-refractivity contribution in [2.75, 3.05) is 31.1 Å². The van der Waals surface area contributed by atoms with E-state index in [9.17, 15) is 4.79 Å². The molecule has 0 bridgehead atoms. The van der Waals surface area contributed by atoms with Crippen LogP contribution in [0.3, 0.4) is 0 Å². The molecule has 2 aromatic heterocycles. The monoisotopic (exact) mass is 291 g/mol. The molecule has 0 atom stereocenters. The van der Waals surface area contributed by atoms with Crippen molar-refractivity contribution in [1.29, 1.82) is 0 Å². The van der Waals surface area contributed by atoms with E-state index in [1.807, 2.05) is 12.1 Å². The average Bonchev–Trinajstić information content (AvgIpc) is 3.01. The van der Waals surface area contributed by atoms with Crippen molar-refractivity contribution >= 4 is 23.3 Å². The van der Waals surface area contributed by atoms with Crippen LogP contribution in [0.15, 0.2) is 30.9 Å². The van der Waals surface area contributed by atoms with Crippen LogP contribution in [0.4, 0.5) is 5.82 Å². The fourth-order valence-corrected chi connectivity index (χ4v) is 2.52. The van der Waals surface area contributed by atoms with Crippen LogP contribution < -0.4 is 4.90 Å². The van der Waals surface area contributed by atoms with Gasteiger partial charge in [-0.15, -0.1) is 0 Å². The molecule has 1 N–H and O–H groups in total. The van der Waals surface area contributed by atoms with Gasteiger partial charge in [-0.05, 0) is 12.1 Å². The van der Waals surface area contributed by atoms with Gasteiger partial charge in [0, 0.05) is 32.4 Å². The molecule has 104 valence electrons. The number of amides is 1. The maximum Gasteiger partial charge on any atom is 0.272 e. The van der Waals surface area contributed by atoms with Crippen LogP contribution in [0.1, 0.15) is 10.5 Å². The number of imidazole rings is 1. The number of aromatic nitrogens is 3. The van der Waals surface area contributed by atoms with E-state index < -0.39 is 0 Å². The average molecular weight is 292 g/mol. The number of rotatable bonds is 2. The highest BCUT2D eigenvalue weighted by Crippen LogP contribution is 2.23. The van der Waals surface area contributed by atoms with Gasteiger partial charge >= 0.3 is 0 Å². The minimum atomic E-state index is -0.0192. The highest BCUT2D eigenvalue weighted by Gasteiger charge is 2.24. The van der Waals surface area contributed by atoms with E-state index in [-0.39, 0.29) is 5.91 Å². The number of carbonyl (C=O) groups is 1. The Balaban J connectivity index is 1.65. The summed E-state index contributed by atoms with van der Waals surface area (Å²) in [7, 11) is 0. The number of aromatic amines is 1. The van der Waals surface area contributed by atoms with Gasteiger partial charge in [-0.2, -0.15) is 0 Å². The Morgan fingerprint density at radius 2 is 2.10 bits per heavy atom. The van der Waals surface area contributed by atoms with Gasteiger partial charge in [-0.3, -0.25) is 4.79 Å². The predicted molar refractivity (Wildman–Crippen MR) is 76.0 cm³/mol. The number of hydrogen-bond acceptors (Lipinski definition) is 4. The number of carbonyl (C=O) groups excluding carboxylic acids is 1. The highest BCUT2D eigenvalue weighted by molar-refractivity contribution is 6.32. The number of hydrogen-bond donors (Lipinski definition) is 1. The van der Waals surface area contributed by atoms with Crippen LogP contribution in [-0.4, -0.2) is 51.9 Å². The third-order valence-corrected chi connectivity index (χ3v) is 3.63. The summed E-state index contributed by atoms with van der Waals surface area (Å²) in [6.45, 7) is 2.72. The predicted octanol–water partition coefficient (Wildman–Crippen LogP) is 1.42. The molecule has 0 spiro atoms. The lowest BCUT2D eigenvalue weighted by Crippen LogP contribution is -2.49. The molecule has 3 rings (SSSR count). The fourth-order valence-electron chi connectivity index (χ4n) is 2.27. The van der Waals surface area contributed by atoms with Crippen LogP contribution in [0.2, 0.25) is 5.02 Å². The van der Waals surface area contributed by atoms with E-state index in [1.165, 1.54) is 6.33 Å². The fraction of sp³-hybridized carbons (Fsp3) is 0.308. The lowest BCUT2D eigenvalue weighted by atomic mass is 10.2. The van der Waals surface area contributed by atoms with Gasteiger partial charge in [0.1, 0.15) is 11.5 Å². The van der Waals surface area contributed by atoms with E-state index in [1.54, 1.807) is 17.3 Å². The van der Waals surface area contributed by atoms with Gasteiger partial charge in [-0.1, -0.05) is 11.6 Å². The summed E-state index contributed by atoms with van der Waals surface area (Å²) in [6, 6.07) is 3.63. The number of halogens is 1. The summed E-state index contributed by atoms with van der Waals surface area (Å²) >= 11 is 6.14. The van der Waals surface area contributed by atoms with Crippen LogP contribution in [0.5, 0.6) is 0 Å². The van der Waals surface area contributed by atoms with Crippen molar-refractivity contribution in [3.8, 4) is 0 Å². The summed E-state index contributed by atoms with van der Waals surface area (Å²) in [5.74, 6) is 0.761. The first kappa shape index (κ1) is 12.9. The Morgan fingerprint density at radius 1 is 1.30 bits per heavy atom. The van der Waals surface area contributed by atoms with Gasteiger partial charge < -0.3 is 14.8 Å². The first-order valence-electron chi connectivity index (χ1n) is 6.39. The zero-order chi connectivity index (χ0) is 13.9. The summed E-state index contributed by atoms with van der Waals surface area (Å²) in [4.78, 5) is 27.1. The quantitative estimate of drug-likeness (QED) is 0.909. The largest absolute Gasteiger partial charge is 0.352 e. The number of nitrogens with zero attached hydrogens (tertiary/aromatic N) is 4. The molecule has 2 aromatic rings. The smallest absolute Gasteiger partial charge is 0.272 e. The Kier molecular flexibility index (Phi) is 3.56. The van der Waals surface area contributed by atoms with Crippen LogP contribution in [0, 0.1) is 0 Å². The van der Waals surface area contributed by atoms with Crippen molar-refractivity contribution in [3.63, 3.8) is 0 Å². The number of anilines is 1. The maximum atomic E-state index is 12.2. The lowest BCUT2D eigenvalue weighted by molar-refractivity contribution is 0.0741. The number of H-pyrrole nitrogens is 1. The van der Waals surface area contributed by atoms with E-state index >= 15 is 0 Å². The molecule has 7 heteroatoms. The number of pyridine rings is 1. The summed E-state index contributed by atoms with van der Waals surface area (Å²) < 4.78 is 0. The van der Waals surface area contributed by atoms with Gasteiger partial charge in [0.05, 0.1) is 17.5 Å². The van der Waals surface area contributed by atoms with Gasteiger partial charge in [-0.25, -0.2) is 9.97 Å². The number of nitrogens with one attached hydrogen (secondary N) is 1. The summed E-state index contributed by atoms with van der Waals surface area (Å²) in [5.41, 5.74) is 0.523. The van der Waals surface area contributed by atoms with E-state index in [4.69, 9.17) is 11.6 Å². The Morgan fingerprint density at radius 3 is 2.75 bits per heavy atom. The van der Waals surface area contributed by atoms with Crippen LogP contribution >= 0.6 is 11.6 Å². The molecule has 20 heavy (non-hydrogen) atoms. The summed E-state index contributed by atoms with van der Waals surface area (Å²) in [5, 5.41) is 0.640. The standard InChI is InChI=1S/C13H14ClN5O/c14-10-2-1-3-16-12(10)18-4-6-19(7-5-18)13(20)11-8-15-9-17-11/h1-3,8-9H,4-7H2,(H,15,17). The van der Waals surface area contributed by atoms with E-state index in [0.29, 0.717) is 23.8 Å². The Hall–Kier alpha value is -2.08. The second-order valence-corrected chi connectivity index (χ2v) is 4.96. The normalized spacial score (nSPS) is 15.4. The molecule has 0 aliphatic carbocycles. The zero-order valence-electron chi connectivity index (χ0n) is 10.8. The van der Waals surface area contributed by atoms with Crippen LogP contribution in [0.25, 0.3) is 0 Å². The Bertz CT molecular complexity index is 593. The molecular formula is C13H14ClN5O. The SMILES string of the molecule is O=C(c1cnc[nH]1)N1CCN(c2ncccc2Cl)CC1. The number of piperazine rings is 1. The van der Waals surface area contributed by atoms with Gasteiger partial charge in [0.15, 0.2) is 0 Å². The molecule has 1 aliphatic heterocycles. The molecule has 1 saturated heterocycles. The maximum absolute atomic E-state index is 12.2. The minimum Gasteiger partial charge on any atom is -0.352 e. The second kappa shape index (κ2) is 5.50. The molecule has 6 nitrogen and oxygen atoms in total. The van der Waals surface area contributed by atoms with Crippen molar-refractivity contribution < 1.29 is 4.79 Å². The van der Waals surface area contributed by atoms with Crippen molar-refractivity contribution in [3.05, 3.63) is 41.6 Å². The highest BCUT2D eigenvalue weighted by atomic mass is 35.5. The van der Waals surface area contributed by atoms with Crippen LogP contribution in [-0.2, 0) is 0 Å². The van der Waals surface area contributed by atoms with E-state index in [0.717, 1.165) is 18.9 Å². The molecule has 1 fully saturated rings. The molecule has 0 saturated carbocycles. The zero-order valence-corrected chi connectivity index (χ0v) is 11.5. The summed E-state index contributed by atoms with van der Waals surface area (Å²) in [6.07, 6.45) is 4.78. The van der Waals surface area contributed by atoms with Crippen molar-refractivity contribution in [2.24, 2.45) is 0 Å². The van der Waals surface area contributed by atoms with Gasteiger partial charge in [0.2, 0.25) is 0 Å². The third kappa shape index (κ3) is 2.46. The first-order chi connectivity index (χ1) is 9.75.